The maximum Gasteiger partial charge on any atom is 0.350 e. The summed E-state index contributed by atoms with van der Waals surface area (Å²) in [6.07, 6.45) is 1.94. The van der Waals surface area contributed by atoms with E-state index in [1.54, 1.807) is 0 Å². The lowest BCUT2D eigenvalue weighted by atomic mass is 10.1. The molecule has 0 radical (unpaired) electrons. The third-order valence-corrected chi connectivity index (χ3v) is 3.67. The summed E-state index contributed by atoms with van der Waals surface area (Å²) >= 11 is 0. The number of rotatable bonds is 7. The summed E-state index contributed by atoms with van der Waals surface area (Å²) < 4.78 is 15.7. The van der Waals surface area contributed by atoms with Crippen LogP contribution in [-0.4, -0.2) is 35.4 Å². The second-order valence-corrected chi connectivity index (χ2v) is 6.93. The number of hydrogen-bond acceptors (Lipinski definition) is 7. The van der Waals surface area contributed by atoms with E-state index < -0.39 is 23.7 Å². The van der Waals surface area contributed by atoms with Gasteiger partial charge in [0.25, 0.3) is 5.79 Å². The van der Waals surface area contributed by atoms with E-state index in [4.69, 9.17) is 14.2 Å². The molecule has 1 aliphatic rings. The van der Waals surface area contributed by atoms with Crippen molar-refractivity contribution in [1.29, 1.82) is 0 Å². The first kappa shape index (κ1) is 20.3. The minimum absolute atomic E-state index is 0.0297. The fraction of sp³-hybridized carbons (Fsp3) is 0.421. The zero-order chi connectivity index (χ0) is 20.2. The van der Waals surface area contributed by atoms with Crippen molar-refractivity contribution in [2.45, 2.75) is 39.9 Å². The number of carboxylic acids is 1. The first-order valence-corrected chi connectivity index (χ1v) is 8.52. The molecule has 1 aliphatic heterocycles. The van der Waals surface area contributed by atoms with Crippen LogP contribution < -0.4 is 10.1 Å². The van der Waals surface area contributed by atoms with Crippen LogP contribution in [0, 0.1) is 5.92 Å². The Morgan fingerprint density at radius 2 is 1.89 bits per heavy atom. The number of anilines is 1. The standard InChI is InChI=1S/C19H23NO7/c1-11(2)7-8-25-15-6-5-12(16(21)22)9-14(15)20-10-13-17(23)26-19(3,4)27-18(13)24/h5-6,9-11,20H,7-8H2,1-4H3,(H,21,22). The molecule has 0 spiro atoms. The summed E-state index contributed by atoms with van der Waals surface area (Å²) in [4.78, 5) is 35.2. The Bertz CT molecular complexity index is 758. The van der Waals surface area contributed by atoms with Gasteiger partial charge < -0.3 is 24.6 Å². The van der Waals surface area contributed by atoms with E-state index in [1.807, 2.05) is 0 Å². The van der Waals surface area contributed by atoms with Crippen molar-refractivity contribution in [3.05, 3.63) is 35.5 Å². The molecule has 0 atom stereocenters. The second kappa shape index (κ2) is 8.11. The van der Waals surface area contributed by atoms with Crippen molar-refractivity contribution in [3.8, 4) is 5.75 Å². The summed E-state index contributed by atoms with van der Waals surface area (Å²) in [5.41, 5.74) is 0.00168. The largest absolute Gasteiger partial charge is 0.491 e. The van der Waals surface area contributed by atoms with E-state index in [1.165, 1.54) is 32.0 Å². The maximum absolute atomic E-state index is 12.0. The molecule has 27 heavy (non-hydrogen) atoms. The summed E-state index contributed by atoms with van der Waals surface area (Å²) in [6.45, 7) is 7.45. The SMILES string of the molecule is CC(C)CCOc1ccc(C(=O)O)cc1NC=C1C(=O)OC(C)(C)OC1=O. The molecular formula is C19H23NO7. The van der Waals surface area contributed by atoms with Gasteiger partial charge in [0.1, 0.15) is 5.75 Å². The molecule has 146 valence electrons. The van der Waals surface area contributed by atoms with Gasteiger partial charge in [-0.25, -0.2) is 14.4 Å². The van der Waals surface area contributed by atoms with Gasteiger partial charge in [0.2, 0.25) is 0 Å². The first-order valence-electron chi connectivity index (χ1n) is 8.52. The van der Waals surface area contributed by atoms with Crippen LogP contribution in [0.3, 0.4) is 0 Å². The van der Waals surface area contributed by atoms with Crippen LogP contribution in [0.5, 0.6) is 5.75 Å². The number of carboxylic acid groups (broad SMARTS) is 1. The molecule has 0 bridgehead atoms. The second-order valence-electron chi connectivity index (χ2n) is 6.93. The summed E-state index contributed by atoms with van der Waals surface area (Å²) in [5.74, 6) is -3.27. The molecule has 0 aliphatic carbocycles. The van der Waals surface area contributed by atoms with Gasteiger partial charge in [-0.05, 0) is 30.5 Å². The van der Waals surface area contributed by atoms with Gasteiger partial charge >= 0.3 is 17.9 Å². The molecule has 0 saturated carbocycles. The number of carbonyl (C=O) groups excluding carboxylic acids is 2. The molecule has 2 N–H and O–H groups in total. The highest BCUT2D eigenvalue weighted by Gasteiger charge is 2.39. The predicted octanol–water partition coefficient (Wildman–Crippen LogP) is 2.94. The molecule has 8 heteroatoms. The van der Waals surface area contributed by atoms with E-state index in [2.05, 4.69) is 19.2 Å². The minimum Gasteiger partial charge on any atom is -0.491 e. The Balaban J connectivity index is 2.24. The quantitative estimate of drug-likeness (QED) is 0.424. The number of nitrogens with one attached hydrogen (secondary N) is 1. The number of ether oxygens (including phenoxy) is 3. The molecule has 1 aromatic rings. The molecule has 1 heterocycles. The number of hydrogen-bond donors (Lipinski definition) is 2. The molecule has 0 aromatic heterocycles. The third kappa shape index (κ3) is 5.47. The van der Waals surface area contributed by atoms with Gasteiger partial charge in [-0.3, -0.25) is 0 Å². The van der Waals surface area contributed by atoms with Gasteiger partial charge in [-0.2, -0.15) is 0 Å². The van der Waals surface area contributed by atoms with Crippen molar-refractivity contribution < 1.29 is 33.7 Å². The number of carbonyl (C=O) groups is 3. The van der Waals surface area contributed by atoms with Crippen LogP contribution in [0.2, 0.25) is 0 Å². The van der Waals surface area contributed by atoms with Crippen molar-refractivity contribution >= 4 is 23.6 Å². The Morgan fingerprint density at radius 3 is 2.44 bits per heavy atom. The zero-order valence-corrected chi connectivity index (χ0v) is 15.7. The molecule has 0 amide bonds. The smallest absolute Gasteiger partial charge is 0.350 e. The van der Waals surface area contributed by atoms with E-state index >= 15 is 0 Å². The van der Waals surface area contributed by atoms with Crippen LogP contribution in [-0.2, 0) is 19.1 Å². The number of esters is 2. The van der Waals surface area contributed by atoms with Gasteiger partial charge in [0.15, 0.2) is 5.57 Å². The third-order valence-electron chi connectivity index (χ3n) is 3.67. The van der Waals surface area contributed by atoms with E-state index in [0.717, 1.165) is 12.6 Å². The van der Waals surface area contributed by atoms with Crippen LogP contribution in [0.15, 0.2) is 30.0 Å². The molecule has 1 fully saturated rings. The molecule has 0 unspecified atom stereocenters. The average Bonchev–Trinajstić information content (AvgIpc) is 2.53. The highest BCUT2D eigenvalue weighted by atomic mass is 16.7. The Kier molecular flexibility index (Phi) is 6.09. The van der Waals surface area contributed by atoms with Gasteiger partial charge in [0.05, 0.1) is 17.9 Å². The average molecular weight is 377 g/mol. The Morgan fingerprint density at radius 1 is 1.26 bits per heavy atom. The topological polar surface area (TPSA) is 111 Å². The lowest BCUT2D eigenvalue weighted by molar-refractivity contribution is -0.222. The first-order chi connectivity index (χ1) is 12.6. The number of aromatic carboxylic acids is 1. The number of benzene rings is 1. The van der Waals surface area contributed by atoms with Gasteiger partial charge in [-0.1, -0.05) is 13.8 Å². The minimum atomic E-state index is -1.33. The molecule has 1 saturated heterocycles. The fourth-order valence-electron chi connectivity index (χ4n) is 2.23. The van der Waals surface area contributed by atoms with Crippen molar-refractivity contribution in [1.82, 2.24) is 0 Å². The summed E-state index contributed by atoms with van der Waals surface area (Å²) in [5, 5.41) is 11.9. The van der Waals surface area contributed by atoms with Gasteiger partial charge in [-0.15, -0.1) is 0 Å². The molecule has 2 rings (SSSR count). The lowest BCUT2D eigenvalue weighted by Crippen LogP contribution is -2.42. The highest BCUT2D eigenvalue weighted by Crippen LogP contribution is 2.28. The van der Waals surface area contributed by atoms with Crippen LogP contribution in [0.25, 0.3) is 0 Å². The monoisotopic (exact) mass is 377 g/mol. The van der Waals surface area contributed by atoms with Crippen molar-refractivity contribution in [2.75, 3.05) is 11.9 Å². The summed E-state index contributed by atoms with van der Waals surface area (Å²) in [7, 11) is 0. The van der Waals surface area contributed by atoms with Crippen LogP contribution in [0.1, 0.15) is 44.5 Å². The fourth-order valence-corrected chi connectivity index (χ4v) is 2.23. The predicted molar refractivity (Wildman–Crippen MR) is 96.3 cm³/mol. The zero-order valence-electron chi connectivity index (χ0n) is 15.7. The van der Waals surface area contributed by atoms with E-state index in [0.29, 0.717) is 24.0 Å². The highest BCUT2D eigenvalue weighted by molar-refractivity contribution is 6.15. The van der Waals surface area contributed by atoms with Crippen molar-refractivity contribution in [3.63, 3.8) is 0 Å². The molecular weight excluding hydrogens is 354 g/mol. The van der Waals surface area contributed by atoms with Crippen LogP contribution >= 0.6 is 0 Å². The Labute approximate surface area is 157 Å². The normalized spacial score (nSPS) is 15.8. The van der Waals surface area contributed by atoms with Gasteiger partial charge in [0, 0.05) is 20.0 Å². The molecule has 1 aromatic carbocycles. The number of cyclic esters (lactones) is 2. The van der Waals surface area contributed by atoms with Crippen molar-refractivity contribution in [2.24, 2.45) is 5.92 Å². The Hall–Kier alpha value is -3.03. The van der Waals surface area contributed by atoms with E-state index in [-0.39, 0.29) is 11.1 Å². The molecule has 8 nitrogen and oxygen atoms in total. The lowest BCUT2D eigenvalue weighted by Gasteiger charge is -2.29. The maximum atomic E-state index is 12.0. The summed E-state index contributed by atoms with van der Waals surface area (Å²) in [6, 6.07) is 4.29. The van der Waals surface area contributed by atoms with E-state index in [9.17, 15) is 19.5 Å². The van der Waals surface area contributed by atoms with Crippen LogP contribution in [0.4, 0.5) is 5.69 Å².